The number of amides is 1. The highest BCUT2D eigenvalue weighted by molar-refractivity contribution is 5.75. The molecule has 0 heterocycles. The number of hydrogen-bond acceptors (Lipinski definition) is 2. The van der Waals surface area contributed by atoms with Crippen LogP contribution in [0.3, 0.4) is 0 Å². The standard InChI is InChI=1S/C10H22N2O/c1-4-6-7-10(13)12(11)8-9(3)5-2/h9H,4-8,11H2,1-3H3. The Morgan fingerprint density at radius 3 is 2.54 bits per heavy atom. The minimum atomic E-state index is 0.0714. The fraction of sp³-hybridized carbons (Fsp3) is 0.900. The van der Waals surface area contributed by atoms with E-state index < -0.39 is 0 Å². The van der Waals surface area contributed by atoms with Crippen molar-refractivity contribution in [3.05, 3.63) is 0 Å². The Kier molecular flexibility index (Phi) is 6.59. The van der Waals surface area contributed by atoms with Crippen LogP contribution in [-0.2, 0) is 4.79 Å². The van der Waals surface area contributed by atoms with Gasteiger partial charge in [-0.1, -0.05) is 33.6 Å². The van der Waals surface area contributed by atoms with Crippen molar-refractivity contribution in [2.75, 3.05) is 6.54 Å². The van der Waals surface area contributed by atoms with Crippen LogP contribution < -0.4 is 5.84 Å². The van der Waals surface area contributed by atoms with E-state index in [0.717, 1.165) is 19.3 Å². The van der Waals surface area contributed by atoms with Crippen molar-refractivity contribution >= 4 is 5.91 Å². The van der Waals surface area contributed by atoms with E-state index in [-0.39, 0.29) is 5.91 Å². The van der Waals surface area contributed by atoms with Gasteiger partial charge in [-0.15, -0.1) is 0 Å². The van der Waals surface area contributed by atoms with E-state index in [2.05, 4.69) is 20.8 Å². The quantitative estimate of drug-likeness (QED) is 0.391. The summed E-state index contributed by atoms with van der Waals surface area (Å²) in [6, 6.07) is 0. The highest BCUT2D eigenvalue weighted by atomic mass is 16.2. The van der Waals surface area contributed by atoms with Crippen LogP contribution in [0, 0.1) is 5.92 Å². The third-order valence-electron chi connectivity index (χ3n) is 2.27. The van der Waals surface area contributed by atoms with Gasteiger partial charge in [0.15, 0.2) is 0 Å². The van der Waals surface area contributed by atoms with E-state index >= 15 is 0 Å². The van der Waals surface area contributed by atoms with Gasteiger partial charge in [0.05, 0.1) is 0 Å². The van der Waals surface area contributed by atoms with Gasteiger partial charge < -0.3 is 0 Å². The molecule has 0 aromatic rings. The normalized spacial score (nSPS) is 12.6. The molecule has 0 rings (SSSR count). The molecule has 0 aliphatic heterocycles. The molecule has 1 unspecified atom stereocenters. The van der Waals surface area contributed by atoms with Gasteiger partial charge in [-0.25, -0.2) is 5.84 Å². The molecule has 0 bridgehead atoms. The zero-order chi connectivity index (χ0) is 10.3. The molecule has 13 heavy (non-hydrogen) atoms. The smallest absolute Gasteiger partial charge is 0.236 e. The van der Waals surface area contributed by atoms with Gasteiger partial charge in [0.1, 0.15) is 0 Å². The maximum absolute atomic E-state index is 11.4. The molecule has 0 aromatic heterocycles. The third kappa shape index (κ3) is 5.64. The van der Waals surface area contributed by atoms with Crippen LogP contribution in [-0.4, -0.2) is 17.5 Å². The van der Waals surface area contributed by atoms with E-state index in [1.807, 2.05) is 0 Å². The molecule has 0 saturated heterocycles. The molecule has 0 radical (unpaired) electrons. The average Bonchev–Trinajstić information content (AvgIpc) is 2.13. The second kappa shape index (κ2) is 6.89. The largest absolute Gasteiger partial charge is 0.280 e. The number of nitrogens with zero attached hydrogens (tertiary/aromatic N) is 1. The van der Waals surface area contributed by atoms with Crippen LogP contribution >= 0.6 is 0 Å². The zero-order valence-corrected chi connectivity index (χ0v) is 9.05. The van der Waals surface area contributed by atoms with Crippen molar-refractivity contribution in [2.45, 2.75) is 46.5 Å². The first-order chi connectivity index (χ1) is 6.11. The van der Waals surface area contributed by atoms with Gasteiger partial charge in [0.25, 0.3) is 0 Å². The van der Waals surface area contributed by atoms with Crippen molar-refractivity contribution in [2.24, 2.45) is 11.8 Å². The predicted molar refractivity (Wildman–Crippen MR) is 54.9 cm³/mol. The molecule has 1 amide bonds. The Morgan fingerprint density at radius 2 is 2.08 bits per heavy atom. The second-order valence-electron chi connectivity index (χ2n) is 3.66. The first-order valence-electron chi connectivity index (χ1n) is 5.16. The average molecular weight is 186 g/mol. The van der Waals surface area contributed by atoms with Crippen LogP contribution in [0.1, 0.15) is 46.5 Å². The van der Waals surface area contributed by atoms with E-state index in [1.54, 1.807) is 0 Å². The molecule has 0 aromatic carbocycles. The third-order valence-corrected chi connectivity index (χ3v) is 2.27. The molecule has 0 spiro atoms. The van der Waals surface area contributed by atoms with E-state index in [1.165, 1.54) is 5.01 Å². The van der Waals surface area contributed by atoms with Crippen molar-refractivity contribution in [3.63, 3.8) is 0 Å². The summed E-state index contributed by atoms with van der Waals surface area (Å²) in [7, 11) is 0. The van der Waals surface area contributed by atoms with E-state index in [0.29, 0.717) is 18.9 Å². The highest BCUT2D eigenvalue weighted by Crippen LogP contribution is 2.04. The van der Waals surface area contributed by atoms with Crippen molar-refractivity contribution in [3.8, 4) is 0 Å². The summed E-state index contributed by atoms with van der Waals surface area (Å²) in [5, 5.41) is 1.36. The Bertz CT molecular complexity index is 148. The van der Waals surface area contributed by atoms with Gasteiger partial charge >= 0.3 is 0 Å². The Balaban J connectivity index is 3.68. The lowest BCUT2D eigenvalue weighted by Crippen LogP contribution is -2.40. The summed E-state index contributed by atoms with van der Waals surface area (Å²) >= 11 is 0. The number of carbonyl (C=O) groups is 1. The van der Waals surface area contributed by atoms with Crippen LogP contribution in [0.15, 0.2) is 0 Å². The first kappa shape index (κ1) is 12.4. The van der Waals surface area contributed by atoms with Crippen LogP contribution in [0.4, 0.5) is 0 Å². The maximum Gasteiger partial charge on any atom is 0.236 e. The molecule has 78 valence electrons. The Morgan fingerprint density at radius 1 is 1.46 bits per heavy atom. The predicted octanol–water partition coefficient (Wildman–Crippen LogP) is 1.93. The lowest BCUT2D eigenvalue weighted by Gasteiger charge is -2.19. The van der Waals surface area contributed by atoms with E-state index in [9.17, 15) is 4.79 Å². The zero-order valence-electron chi connectivity index (χ0n) is 9.05. The first-order valence-corrected chi connectivity index (χ1v) is 5.16. The number of unbranched alkanes of at least 4 members (excludes halogenated alkanes) is 1. The summed E-state index contributed by atoms with van der Waals surface area (Å²) in [6.07, 6.45) is 3.63. The van der Waals surface area contributed by atoms with Crippen LogP contribution in [0.5, 0.6) is 0 Å². The second-order valence-corrected chi connectivity index (χ2v) is 3.66. The van der Waals surface area contributed by atoms with Crippen LogP contribution in [0.2, 0.25) is 0 Å². The van der Waals surface area contributed by atoms with Gasteiger partial charge in [0.2, 0.25) is 5.91 Å². The lowest BCUT2D eigenvalue weighted by atomic mass is 10.1. The molecule has 1 atom stereocenters. The Labute approximate surface area is 81.3 Å². The van der Waals surface area contributed by atoms with E-state index in [4.69, 9.17) is 5.84 Å². The Hall–Kier alpha value is -0.570. The SMILES string of the molecule is CCCCC(=O)N(N)CC(C)CC. The monoisotopic (exact) mass is 186 g/mol. The summed E-state index contributed by atoms with van der Waals surface area (Å²) < 4.78 is 0. The van der Waals surface area contributed by atoms with Gasteiger partial charge in [-0.2, -0.15) is 0 Å². The molecule has 3 heteroatoms. The molecule has 0 aliphatic rings. The summed E-state index contributed by atoms with van der Waals surface area (Å²) in [5.74, 6) is 6.19. The molecule has 3 nitrogen and oxygen atoms in total. The number of hydrazine groups is 1. The molecule has 0 fully saturated rings. The molecular formula is C10H22N2O. The van der Waals surface area contributed by atoms with Crippen molar-refractivity contribution < 1.29 is 4.79 Å². The number of carbonyl (C=O) groups excluding carboxylic acids is 1. The van der Waals surface area contributed by atoms with Crippen molar-refractivity contribution in [1.29, 1.82) is 0 Å². The van der Waals surface area contributed by atoms with Crippen LogP contribution in [0.25, 0.3) is 0 Å². The summed E-state index contributed by atoms with van der Waals surface area (Å²) in [5.41, 5.74) is 0. The minimum Gasteiger partial charge on any atom is -0.280 e. The number of hydrogen-bond donors (Lipinski definition) is 1. The maximum atomic E-state index is 11.4. The molecule has 2 N–H and O–H groups in total. The van der Waals surface area contributed by atoms with Gasteiger partial charge in [0, 0.05) is 13.0 Å². The fourth-order valence-corrected chi connectivity index (χ4v) is 1.04. The molecule has 0 aliphatic carbocycles. The number of nitrogens with two attached hydrogens (primary N) is 1. The molecular weight excluding hydrogens is 164 g/mol. The topological polar surface area (TPSA) is 46.3 Å². The summed E-state index contributed by atoms with van der Waals surface area (Å²) in [6.45, 7) is 6.96. The fourth-order valence-electron chi connectivity index (χ4n) is 1.04. The van der Waals surface area contributed by atoms with Gasteiger partial charge in [-0.05, 0) is 12.3 Å². The van der Waals surface area contributed by atoms with Gasteiger partial charge in [-0.3, -0.25) is 9.80 Å². The van der Waals surface area contributed by atoms with Crippen molar-refractivity contribution in [1.82, 2.24) is 5.01 Å². The molecule has 0 saturated carbocycles. The number of rotatable bonds is 6. The highest BCUT2D eigenvalue weighted by Gasteiger charge is 2.10. The summed E-state index contributed by atoms with van der Waals surface area (Å²) in [4.78, 5) is 11.4. The lowest BCUT2D eigenvalue weighted by molar-refractivity contribution is -0.132. The minimum absolute atomic E-state index is 0.0714.